The standard InChI is InChI=1S/C47H41N/c1-46(2,3)42-31-37(36-23-22-33-16-9-10-17-35(33)30-36)26-29-43(42)48(38-27-24-34(25-28-38)32-14-7-6-8-15-32)44-21-13-19-40-39-18-11-12-20-41(39)47(4,5)45(40)44/h6-31H,1-5H3. The molecule has 0 radical (unpaired) electrons. The van der Waals surface area contributed by atoms with Crippen molar-refractivity contribution in [1.29, 1.82) is 0 Å². The summed E-state index contributed by atoms with van der Waals surface area (Å²) in [5.74, 6) is 0. The summed E-state index contributed by atoms with van der Waals surface area (Å²) in [7, 11) is 0. The molecule has 1 aliphatic carbocycles. The lowest BCUT2D eigenvalue weighted by Crippen LogP contribution is -2.23. The fourth-order valence-electron chi connectivity index (χ4n) is 7.73. The molecule has 0 unspecified atom stereocenters. The molecule has 0 fully saturated rings. The number of hydrogen-bond acceptors (Lipinski definition) is 1. The summed E-state index contributed by atoms with van der Waals surface area (Å²) in [5.41, 5.74) is 15.0. The second-order valence-electron chi connectivity index (χ2n) is 14.7. The second-order valence-corrected chi connectivity index (χ2v) is 14.7. The van der Waals surface area contributed by atoms with Gasteiger partial charge in [0, 0.05) is 16.8 Å². The highest BCUT2D eigenvalue weighted by atomic mass is 15.1. The Morgan fingerprint density at radius 1 is 0.458 bits per heavy atom. The lowest BCUT2D eigenvalue weighted by Gasteiger charge is -2.36. The number of hydrogen-bond donors (Lipinski definition) is 0. The molecule has 8 rings (SSSR count). The average Bonchev–Trinajstić information content (AvgIpc) is 3.35. The topological polar surface area (TPSA) is 3.24 Å². The summed E-state index contributed by atoms with van der Waals surface area (Å²) in [6, 6.07) is 58.1. The molecule has 0 saturated carbocycles. The van der Waals surface area contributed by atoms with Gasteiger partial charge in [-0.2, -0.15) is 0 Å². The quantitative estimate of drug-likeness (QED) is 0.185. The highest BCUT2D eigenvalue weighted by Gasteiger charge is 2.39. The maximum atomic E-state index is 2.52. The molecule has 1 heteroatoms. The Morgan fingerprint density at radius 2 is 1.06 bits per heavy atom. The van der Waals surface area contributed by atoms with E-state index in [9.17, 15) is 0 Å². The molecule has 0 aliphatic heterocycles. The first-order valence-corrected chi connectivity index (χ1v) is 17.0. The average molecular weight is 620 g/mol. The first-order valence-electron chi connectivity index (χ1n) is 17.0. The zero-order valence-electron chi connectivity index (χ0n) is 28.5. The van der Waals surface area contributed by atoms with E-state index in [2.05, 4.69) is 197 Å². The molecule has 0 saturated heterocycles. The van der Waals surface area contributed by atoms with Gasteiger partial charge in [-0.3, -0.25) is 0 Å². The van der Waals surface area contributed by atoms with Gasteiger partial charge in [-0.1, -0.05) is 156 Å². The van der Waals surface area contributed by atoms with Crippen molar-refractivity contribution in [2.24, 2.45) is 0 Å². The van der Waals surface area contributed by atoms with Crippen LogP contribution in [0.4, 0.5) is 17.1 Å². The molecule has 48 heavy (non-hydrogen) atoms. The van der Waals surface area contributed by atoms with Gasteiger partial charge in [-0.15, -0.1) is 0 Å². The number of fused-ring (bicyclic) bond motifs is 4. The van der Waals surface area contributed by atoms with E-state index in [0.29, 0.717) is 0 Å². The molecule has 1 nitrogen and oxygen atoms in total. The Bertz CT molecular complexity index is 2280. The lowest BCUT2D eigenvalue weighted by atomic mass is 9.80. The zero-order chi connectivity index (χ0) is 33.0. The fraction of sp³-hybridized carbons (Fsp3) is 0.149. The van der Waals surface area contributed by atoms with Gasteiger partial charge in [-0.05, 0) is 103 Å². The smallest absolute Gasteiger partial charge is 0.0508 e. The molecule has 7 aromatic rings. The van der Waals surface area contributed by atoms with Crippen LogP contribution in [-0.2, 0) is 10.8 Å². The minimum Gasteiger partial charge on any atom is -0.310 e. The molecule has 234 valence electrons. The van der Waals surface area contributed by atoms with Crippen LogP contribution >= 0.6 is 0 Å². The Hall–Kier alpha value is -5.40. The Kier molecular flexibility index (Phi) is 7.11. The first kappa shape index (κ1) is 30.0. The third-order valence-electron chi connectivity index (χ3n) is 10.2. The van der Waals surface area contributed by atoms with Crippen LogP contribution < -0.4 is 4.90 Å². The number of benzene rings is 7. The first-order chi connectivity index (χ1) is 23.2. The van der Waals surface area contributed by atoms with Crippen LogP contribution in [0.5, 0.6) is 0 Å². The predicted molar refractivity (Wildman–Crippen MR) is 206 cm³/mol. The highest BCUT2D eigenvalue weighted by molar-refractivity contribution is 5.93. The van der Waals surface area contributed by atoms with Crippen LogP contribution in [0.25, 0.3) is 44.2 Å². The van der Waals surface area contributed by atoms with Crippen molar-refractivity contribution in [3.05, 3.63) is 174 Å². The summed E-state index contributed by atoms with van der Waals surface area (Å²) in [4.78, 5) is 2.52. The third kappa shape index (κ3) is 5.02. The Labute approximate surface area is 285 Å². The number of rotatable bonds is 5. The van der Waals surface area contributed by atoms with E-state index in [0.717, 1.165) is 5.69 Å². The van der Waals surface area contributed by atoms with Crippen molar-refractivity contribution in [1.82, 2.24) is 0 Å². The van der Waals surface area contributed by atoms with Crippen molar-refractivity contribution in [2.45, 2.75) is 45.4 Å². The van der Waals surface area contributed by atoms with Gasteiger partial charge in [0.1, 0.15) is 0 Å². The summed E-state index contributed by atoms with van der Waals surface area (Å²) < 4.78 is 0. The Balaban J connectivity index is 1.35. The lowest BCUT2D eigenvalue weighted by molar-refractivity contribution is 0.591. The van der Waals surface area contributed by atoms with E-state index >= 15 is 0 Å². The van der Waals surface area contributed by atoms with E-state index < -0.39 is 0 Å². The van der Waals surface area contributed by atoms with Crippen LogP contribution in [0.15, 0.2) is 158 Å². The molecule has 0 atom stereocenters. The van der Waals surface area contributed by atoms with Crippen LogP contribution in [0.3, 0.4) is 0 Å². The molecule has 0 amide bonds. The molecule has 0 aromatic heterocycles. The van der Waals surface area contributed by atoms with E-state index in [-0.39, 0.29) is 10.8 Å². The van der Waals surface area contributed by atoms with Gasteiger partial charge in [0.25, 0.3) is 0 Å². The van der Waals surface area contributed by atoms with Gasteiger partial charge >= 0.3 is 0 Å². The number of nitrogens with zero attached hydrogens (tertiary/aromatic N) is 1. The van der Waals surface area contributed by atoms with Gasteiger partial charge in [0.05, 0.1) is 5.69 Å². The maximum absolute atomic E-state index is 2.52. The minimum atomic E-state index is -0.155. The zero-order valence-corrected chi connectivity index (χ0v) is 28.5. The van der Waals surface area contributed by atoms with Crippen LogP contribution in [-0.4, -0.2) is 0 Å². The van der Waals surface area contributed by atoms with Crippen molar-refractivity contribution >= 4 is 27.8 Å². The van der Waals surface area contributed by atoms with Crippen LogP contribution in [0.2, 0.25) is 0 Å². The van der Waals surface area contributed by atoms with Gasteiger partial charge in [-0.25, -0.2) is 0 Å². The molecule has 7 aromatic carbocycles. The molecular formula is C47H41N. The summed E-state index contributed by atoms with van der Waals surface area (Å²) in [6.07, 6.45) is 0. The largest absolute Gasteiger partial charge is 0.310 e. The van der Waals surface area contributed by atoms with E-state index in [1.807, 2.05) is 0 Å². The summed E-state index contributed by atoms with van der Waals surface area (Å²) in [6.45, 7) is 11.8. The van der Waals surface area contributed by atoms with Gasteiger partial charge < -0.3 is 4.90 Å². The van der Waals surface area contributed by atoms with Crippen molar-refractivity contribution in [3.63, 3.8) is 0 Å². The normalized spacial score (nSPS) is 13.3. The van der Waals surface area contributed by atoms with Crippen LogP contribution in [0.1, 0.15) is 51.3 Å². The van der Waals surface area contributed by atoms with Crippen LogP contribution in [0, 0.1) is 0 Å². The monoisotopic (exact) mass is 619 g/mol. The summed E-state index contributed by atoms with van der Waals surface area (Å²) in [5, 5.41) is 2.53. The van der Waals surface area contributed by atoms with Crippen molar-refractivity contribution in [3.8, 4) is 33.4 Å². The molecule has 0 N–H and O–H groups in total. The molecular weight excluding hydrogens is 579 g/mol. The van der Waals surface area contributed by atoms with E-state index in [4.69, 9.17) is 0 Å². The molecule has 0 spiro atoms. The van der Waals surface area contributed by atoms with Gasteiger partial charge in [0.15, 0.2) is 0 Å². The highest BCUT2D eigenvalue weighted by Crippen LogP contribution is 2.55. The maximum Gasteiger partial charge on any atom is 0.0508 e. The molecule has 1 aliphatic rings. The minimum absolute atomic E-state index is 0.110. The van der Waals surface area contributed by atoms with E-state index in [1.54, 1.807) is 0 Å². The van der Waals surface area contributed by atoms with Crippen molar-refractivity contribution in [2.75, 3.05) is 4.90 Å². The van der Waals surface area contributed by atoms with Crippen molar-refractivity contribution < 1.29 is 0 Å². The molecule has 0 heterocycles. The third-order valence-corrected chi connectivity index (χ3v) is 10.2. The fourth-order valence-corrected chi connectivity index (χ4v) is 7.73. The van der Waals surface area contributed by atoms with Gasteiger partial charge in [0.2, 0.25) is 0 Å². The second kappa shape index (κ2) is 11.4. The summed E-state index contributed by atoms with van der Waals surface area (Å²) >= 11 is 0. The Morgan fingerprint density at radius 3 is 1.83 bits per heavy atom. The SMILES string of the molecule is CC(C)(C)c1cc(-c2ccc3ccccc3c2)ccc1N(c1ccc(-c2ccccc2)cc1)c1cccc2c1C(C)(C)c1ccccc1-2. The predicted octanol–water partition coefficient (Wildman–Crippen LogP) is 13.2. The number of anilines is 3. The van der Waals surface area contributed by atoms with E-state index in [1.165, 1.54) is 72.2 Å². The molecule has 0 bridgehead atoms.